The maximum atomic E-state index is 12.9. The number of methoxy groups -OCH3 is 1. The molecule has 0 unspecified atom stereocenters. The number of carbonyl (C=O) groups is 3. The van der Waals surface area contributed by atoms with Gasteiger partial charge >= 0.3 is 11.9 Å². The Balaban J connectivity index is 2.15. The van der Waals surface area contributed by atoms with Crippen LogP contribution in [0.5, 0.6) is 0 Å². The molecule has 0 radical (unpaired) electrons. The molecule has 146 valence electrons. The molecule has 1 amide bonds. The first-order valence-corrected chi connectivity index (χ1v) is 7.86. The summed E-state index contributed by atoms with van der Waals surface area (Å²) in [5.74, 6) is -3.10. The number of hydrogen-bond acceptors (Lipinski definition) is 7. The van der Waals surface area contributed by atoms with Gasteiger partial charge in [-0.1, -0.05) is 0 Å². The first-order chi connectivity index (χ1) is 13.2. The highest BCUT2D eigenvalue weighted by atomic mass is 19.1. The summed E-state index contributed by atoms with van der Waals surface area (Å²) in [6, 6.07) is 7.86. The Morgan fingerprint density at radius 3 is 2.18 bits per heavy atom. The highest BCUT2D eigenvalue weighted by Gasteiger charge is 2.23. The van der Waals surface area contributed by atoms with Gasteiger partial charge in [-0.2, -0.15) is 0 Å². The van der Waals surface area contributed by atoms with E-state index in [1.54, 1.807) is 0 Å². The van der Waals surface area contributed by atoms with Crippen LogP contribution in [0.1, 0.15) is 27.6 Å². The summed E-state index contributed by atoms with van der Waals surface area (Å²) in [5.41, 5.74) is -0.737. The highest BCUT2D eigenvalue weighted by molar-refractivity contribution is 5.99. The Bertz CT molecular complexity index is 928. The van der Waals surface area contributed by atoms with Crippen molar-refractivity contribution in [2.24, 2.45) is 0 Å². The van der Waals surface area contributed by atoms with Crippen LogP contribution >= 0.6 is 0 Å². The van der Waals surface area contributed by atoms with E-state index in [2.05, 4.69) is 10.1 Å². The molecule has 0 fully saturated rings. The van der Waals surface area contributed by atoms with Crippen LogP contribution < -0.4 is 5.32 Å². The molecule has 2 rings (SSSR count). The lowest BCUT2D eigenvalue weighted by atomic mass is 10.1. The van der Waals surface area contributed by atoms with Gasteiger partial charge in [0.25, 0.3) is 11.6 Å². The minimum Gasteiger partial charge on any atom is -0.465 e. The van der Waals surface area contributed by atoms with E-state index >= 15 is 0 Å². The van der Waals surface area contributed by atoms with Gasteiger partial charge in [-0.3, -0.25) is 14.9 Å². The van der Waals surface area contributed by atoms with Crippen LogP contribution in [-0.4, -0.2) is 36.0 Å². The van der Waals surface area contributed by atoms with Crippen molar-refractivity contribution >= 4 is 29.2 Å². The van der Waals surface area contributed by atoms with Crippen molar-refractivity contribution in [3.05, 3.63) is 69.5 Å². The molecule has 0 aliphatic rings. The molecule has 0 bridgehead atoms. The molecule has 0 aliphatic heterocycles. The summed E-state index contributed by atoms with van der Waals surface area (Å²) in [4.78, 5) is 46.2. The molecule has 0 aliphatic carbocycles. The number of carbonyl (C=O) groups excluding carboxylic acids is 3. The molecule has 0 spiro atoms. The number of anilines is 1. The summed E-state index contributed by atoms with van der Waals surface area (Å²) >= 11 is 0. The number of rotatable bonds is 6. The van der Waals surface area contributed by atoms with Crippen LogP contribution in [0.25, 0.3) is 0 Å². The molecule has 0 saturated heterocycles. The third kappa shape index (κ3) is 5.10. The SMILES string of the molecule is COC(=O)c1cc(C(=O)O[C@@H](C)C(=O)Nc2ccc(F)cc2)cc([N+](=O)[O-])c1. The van der Waals surface area contributed by atoms with Crippen molar-refractivity contribution in [2.45, 2.75) is 13.0 Å². The number of non-ortho nitro benzene ring substituents is 1. The van der Waals surface area contributed by atoms with Gasteiger partial charge in [-0.05, 0) is 37.3 Å². The smallest absolute Gasteiger partial charge is 0.339 e. The second-order valence-corrected chi connectivity index (χ2v) is 5.56. The maximum absolute atomic E-state index is 12.9. The number of halogens is 1. The lowest BCUT2D eigenvalue weighted by molar-refractivity contribution is -0.384. The van der Waals surface area contributed by atoms with Gasteiger partial charge in [0.1, 0.15) is 5.82 Å². The molecule has 2 aromatic rings. The molecule has 9 nitrogen and oxygen atoms in total. The number of nitrogens with one attached hydrogen (secondary N) is 1. The largest absolute Gasteiger partial charge is 0.465 e. The fourth-order valence-corrected chi connectivity index (χ4v) is 2.13. The molecule has 0 saturated carbocycles. The standard InChI is InChI=1S/C18H15FN2O7/c1-10(16(22)20-14-5-3-13(19)4-6-14)28-18(24)12-7-11(17(23)27-2)8-15(9-12)21(25)26/h3-10H,1-2H3,(H,20,22)/t10-/m0/s1. The van der Waals surface area contributed by atoms with Gasteiger partial charge in [0.05, 0.1) is 23.2 Å². The van der Waals surface area contributed by atoms with Crippen molar-refractivity contribution in [2.75, 3.05) is 12.4 Å². The zero-order valence-electron chi connectivity index (χ0n) is 14.8. The summed E-state index contributed by atoms with van der Waals surface area (Å²) < 4.78 is 22.4. The highest BCUT2D eigenvalue weighted by Crippen LogP contribution is 2.19. The van der Waals surface area contributed by atoms with E-state index in [4.69, 9.17) is 4.74 Å². The molecule has 2 aromatic carbocycles. The number of benzene rings is 2. The predicted molar refractivity (Wildman–Crippen MR) is 94.3 cm³/mol. The van der Waals surface area contributed by atoms with Crippen LogP contribution in [0.3, 0.4) is 0 Å². The van der Waals surface area contributed by atoms with Crippen molar-refractivity contribution in [3.8, 4) is 0 Å². The van der Waals surface area contributed by atoms with Crippen LogP contribution in [-0.2, 0) is 14.3 Å². The van der Waals surface area contributed by atoms with E-state index in [1.165, 1.54) is 19.1 Å². The number of ether oxygens (including phenoxy) is 2. The normalized spacial score (nSPS) is 11.2. The topological polar surface area (TPSA) is 125 Å². The molecule has 1 atom stereocenters. The van der Waals surface area contributed by atoms with Crippen LogP contribution in [0, 0.1) is 15.9 Å². The average Bonchev–Trinajstić information content (AvgIpc) is 2.68. The number of amides is 1. The zero-order chi connectivity index (χ0) is 20.8. The fourth-order valence-electron chi connectivity index (χ4n) is 2.13. The van der Waals surface area contributed by atoms with E-state index < -0.39 is 40.4 Å². The summed E-state index contributed by atoms with van der Waals surface area (Å²) in [6.07, 6.45) is -1.27. The second-order valence-electron chi connectivity index (χ2n) is 5.56. The third-order valence-corrected chi connectivity index (χ3v) is 3.55. The van der Waals surface area contributed by atoms with Crippen LogP contribution in [0.15, 0.2) is 42.5 Å². The molecule has 0 aromatic heterocycles. The van der Waals surface area contributed by atoms with E-state index in [9.17, 15) is 28.9 Å². The fraction of sp³-hybridized carbons (Fsp3) is 0.167. The number of nitro benzene ring substituents is 1. The van der Waals surface area contributed by atoms with E-state index in [1.807, 2.05) is 0 Å². The lowest BCUT2D eigenvalue weighted by Crippen LogP contribution is -2.30. The van der Waals surface area contributed by atoms with Gasteiger partial charge in [0, 0.05) is 17.8 Å². The summed E-state index contributed by atoms with van der Waals surface area (Å²) in [5, 5.41) is 13.4. The molecule has 1 N–H and O–H groups in total. The van der Waals surface area contributed by atoms with Gasteiger partial charge in [0.15, 0.2) is 6.10 Å². The maximum Gasteiger partial charge on any atom is 0.339 e. The van der Waals surface area contributed by atoms with Gasteiger partial charge < -0.3 is 14.8 Å². The summed E-state index contributed by atoms with van der Waals surface area (Å²) in [6.45, 7) is 1.29. The molecular weight excluding hydrogens is 375 g/mol. The number of esters is 2. The van der Waals surface area contributed by atoms with Crippen LogP contribution in [0.4, 0.5) is 15.8 Å². The van der Waals surface area contributed by atoms with Gasteiger partial charge in [0.2, 0.25) is 0 Å². The Labute approximate surface area is 158 Å². The van der Waals surface area contributed by atoms with E-state index in [-0.39, 0.29) is 16.8 Å². The minimum atomic E-state index is -1.27. The third-order valence-electron chi connectivity index (χ3n) is 3.55. The van der Waals surface area contributed by atoms with Gasteiger partial charge in [-0.15, -0.1) is 0 Å². The van der Waals surface area contributed by atoms with Crippen LogP contribution in [0.2, 0.25) is 0 Å². The van der Waals surface area contributed by atoms with E-state index in [0.29, 0.717) is 0 Å². The Morgan fingerprint density at radius 1 is 1.07 bits per heavy atom. The predicted octanol–water partition coefficient (Wildman–Crippen LogP) is 2.70. The first kappa shape index (κ1) is 20.5. The monoisotopic (exact) mass is 390 g/mol. The van der Waals surface area contributed by atoms with Gasteiger partial charge in [-0.25, -0.2) is 14.0 Å². The quantitative estimate of drug-likeness (QED) is 0.457. The number of nitro groups is 1. The summed E-state index contributed by atoms with van der Waals surface area (Å²) in [7, 11) is 1.08. The van der Waals surface area contributed by atoms with Crippen molar-refractivity contribution < 1.29 is 33.2 Å². The Kier molecular flexibility index (Phi) is 6.38. The van der Waals surface area contributed by atoms with E-state index in [0.717, 1.165) is 37.4 Å². The van der Waals surface area contributed by atoms with Crippen molar-refractivity contribution in [3.63, 3.8) is 0 Å². The number of nitrogens with zero attached hydrogens (tertiary/aromatic N) is 1. The second kappa shape index (κ2) is 8.71. The zero-order valence-corrected chi connectivity index (χ0v) is 14.8. The molecule has 10 heteroatoms. The average molecular weight is 390 g/mol. The minimum absolute atomic E-state index is 0.216. The van der Waals surface area contributed by atoms with Crippen molar-refractivity contribution in [1.29, 1.82) is 0 Å². The lowest BCUT2D eigenvalue weighted by Gasteiger charge is -2.14. The first-order valence-electron chi connectivity index (χ1n) is 7.86. The number of hydrogen-bond donors (Lipinski definition) is 1. The van der Waals surface area contributed by atoms with Crippen molar-refractivity contribution in [1.82, 2.24) is 0 Å². The molecule has 0 heterocycles. The Hall–Kier alpha value is -3.82. The molecular formula is C18H15FN2O7. The Morgan fingerprint density at radius 2 is 1.64 bits per heavy atom. The molecule has 28 heavy (non-hydrogen) atoms.